The number of hydrogen-bond donors (Lipinski definition) is 1. The van der Waals surface area contributed by atoms with Gasteiger partial charge in [0, 0.05) is 12.3 Å². The molecule has 3 aromatic carbocycles. The van der Waals surface area contributed by atoms with E-state index in [1.807, 2.05) is 68.4 Å². The quantitative estimate of drug-likeness (QED) is 0.156. The minimum absolute atomic E-state index is 0.0162. The van der Waals surface area contributed by atoms with E-state index < -0.39 is 23.6 Å². The fourth-order valence-corrected chi connectivity index (χ4v) is 5.80. The molecular weight excluding hydrogens is 504 g/mol. The number of aliphatic carboxylic acids is 1. The van der Waals surface area contributed by atoms with Crippen LogP contribution in [-0.4, -0.2) is 42.0 Å². The number of unbranched alkanes of at least 4 members (excludes halogenated alkanes) is 1. The monoisotopic (exact) mass is 542 g/mol. The first-order chi connectivity index (χ1) is 19.4. The summed E-state index contributed by atoms with van der Waals surface area (Å²) < 4.78 is 25.9. The molecule has 3 aromatic rings. The molecule has 0 radical (unpaired) electrons. The van der Waals surface area contributed by atoms with E-state index in [-0.39, 0.29) is 24.5 Å². The number of carbonyl (C=O) groups is 1. The van der Waals surface area contributed by atoms with Gasteiger partial charge in [-0.25, -0.2) is 0 Å². The van der Waals surface area contributed by atoms with E-state index in [4.69, 9.17) is 24.1 Å². The van der Waals surface area contributed by atoms with Crippen molar-refractivity contribution in [3.8, 4) is 0 Å². The van der Waals surface area contributed by atoms with Crippen LogP contribution in [0.1, 0.15) is 56.2 Å². The molecule has 0 bridgehead atoms. The molecule has 6 heteroatoms. The minimum atomic E-state index is -0.844. The highest BCUT2D eigenvalue weighted by Crippen LogP contribution is 2.45. The molecule has 2 aliphatic rings. The Hall–Kier alpha value is -3.29. The van der Waals surface area contributed by atoms with Gasteiger partial charge in [0.1, 0.15) is 11.7 Å². The number of hydrogen-bond acceptors (Lipinski definition) is 5. The lowest BCUT2D eigenvalue weighted by Crippen LogP contribution is -2.38. The van der Waals surface area contributed by atoms with Crippen molar-refractivity contribution in [2.45, 2.75) is 69.4 Å². The van der Waals surface area contributed by atoms with Crippen LogP contribution in [0.25, 0.3) is 0 Å². The van der Waals surface area contributed by atoms with Gasteiger partial charge in [-0.1, -0.05) is 103 Å². The second-order valence-corrected chi connectivity index (χ2v) is 10.9. The topological polar surface area (TPSA) is 74.2 Å². The number of rotatable bonds is 12. The third kappa shape index (κ3) is 6.21. The Bertz CT molecular complexity index is 1160. The normalized spacial score (nSPS) is 23.9. The van der Waals surface area contributed by atoms with Gasteiger partial charge in [0.15, 0.2) is 12.1 Å². The van der Waals surface area contributed by atoms with Crippen molar-refractivity contribution in [1.29, 1.82) is 0 Å². The summed E-state index contributed by atoms with van der Waals surface area (Å²) in [4.78, 5) is 10.8. The number of carboxylic acids is 1. The van der Waals surface area contributed by atoms with E-state index >= 15 is 0 Å². The molecule has 5 rings (SSSR count). The maximum absolute atomic E-state index is 10.8. The largest absolute Gasteiger partial charge is 0.481 e. The van der Waals surface area contributed by atoms with E-state index in [1.165, 1.54) is 0 Å². The predicted molar refractivity (Wildman–Crippen MR) is 153 cm³/mol. The van der Waals surface area contributed by atoms with Crippen LogP contribution in [0.15, 0.2) is 103 Å². The van der Waals surface area contributed by atoms with Crippen LogP contribution in [-0.2, 0) is 29.3 Å². The zero-order valence-electron chi connectivity index (χ0n) is 23.1. The number of fused-ring (bicyclic) bond motifs is 1. The predicted octanol–water partition coefficient (Wildman–Crippen LogP) is 6.69. The summed E-state index contributed by atoms with van der Waals surface area (Å²) >= 11 is 0. The Morgan fingerprint density at radius 3 is 1.95 bits per heavy atom. The minimum Gasteiger partial charge on any atom is -0.481 e. The Morgan fingerprint density at radius 2 is 1.43 bits per heavy atom. The molecule has 0 aromatic heterocycles. The first-order valence-electron chi connectivity index (χ1n) is 14.1. The van der Waals surface area contributed by atoms with E-state index in [9.17, 15) is 4.79 Å². The summed E-state index contributed by atoms with van der Waals surface area (Å²) in [6, 6.07) is 30.9. The van der Waals surface area contributed by atoms with Gasteiger partial charge >= 0.3 is 5.97 Å². The molecule has 2 saturated heterocycles. The van der Waals surface area contributed by atoms with Gasteiger partial charge in [0.25, 0.3) is 0 Å². The molecule has 40 heavy (non-hydrogen) atoms. The highest BCUT2D eigenvalue weighted by molar-refractivity contribution is 5.66. The Kier molecular flexibility index (Phi) is 8.81. The number of ether oxygens (including phenoxy) is 4. The molecule has 4 atom stereocenters. The number of benzene rings is 3. The molecule has 2 aliphatic heterocycles. The highest BCUT2D eigenvalue weighted by Gasteiger charge is 2.54. The lowest BCUT2D eigenvalue weighted by atomic mass is 9.80. The second-order valence-electron chi connectivity index (χ2n) is 10.9. The van der Waals surface area contributed by atoms with Gasteiger partial charge in [-0.15, -0.1) is 0 Å². The van der Waals surface area contributed by atoms with E-state index in [1.54, 1.807) is 0 Å². The van der Waals surface area contributed by atoms with Gasteiger partial charge in [0.2, 0.25) is 0 Å². The van der Waals surface area contributed by atoms with Crippen molar-refractivity contribution >= 4 is 5.97 Å². The van der Waals surface area contributed by atoms with Gasteiger partial charge in [-0.3, -0.25) is 4.79 Å². The Labute approximate surface area is 236 Å². The van der Waals surface area contributed by atoms with Crippen LogP contribution in [0, 0.1) is 5.92 Å². The van der Waals surface area contributed by atoms with E-state index in [0.29, 0.717) is 13.0 Å². The maximum atomic E-state index is 10.8. The lowest BCUT2D eigenvalue weighted by Gasteiger charge is -2.37. The van der Waals surface area contributed by atoms with Crippen molar-refractivity contribution < 1.29 is 28.8 Å². The Morgan fingerprint density at radius 1 is 0.875 bits per heavy atom. The zero-order valence-corrected chi connectivity index (χ0v) is 23.1. The molecule has 0 amide bonds. The molecular formula is C34H38O6. The molecule has 6 nitrogen and oxygen atoms in total. The smallest absolute Gasteiger partial charge is 0.303 e. The summed E-state index contributed by atoms with van der Waals surface area (Å²) in [7, 11) is 0. The van der Waals surface area contributed by atoms with E-state index in [0.717, 1.165) is 29.5 Å². The van der Waals surface area contributed by atoms with Crippen molar-refractivity contribution in [3.05, 3.63) is 120 Å². The summed E-state index contributed by atoms with van der Waals surface area (Å²) in [6.07, 6.45) is 5.45. The fourth-order valence-electron chi connectivity index (χ4n) is 5.80. The van der Waals surface area contributed by atoms with Crippen LogP contribution >= 0.6 is 0 Å². The SMILES string of the molecule is CC1(C)O[C@H]2O[C@H](COC(c3ccccc3)(c3ccccc3)c3ccccc3)[C@@H](C/C=C\CCCC(=O)O)[C@H]2O1. The van der Waals surface area contributed by atoms with Crippen molar-refractivity contribution in [1.82, 2.24) is 0 Å². The van der Waals surface area contributed by atoms with Crippen LogP contribution in [0.5, 0.6) is 0 Å². The zero-order chi connectivity index (χ0) is 28.0. The van der Waals surface area contributed by atoms with Crippen LogP contribution < -0.4 is 0 Å². The lowest BCUT2D eigenvalue weighted by molar-refractivity contribution is -0.217. The molecule has 2 fully saturated rings. The fraction of sp³-hybridized carbons (Fsp3) is 0.382. The van der Waals surface area contributed by atoms with Crippen LogP contribution in [0.4, 0.5) is 0 Å². The maximum Gasteiger partial charge on any atom is 0.303 e. The molecule has 0 unspecified atom stereocenters. The van der Waals surface area contributed by atoms with Crippen molar-refractivity contribution in [3.63, 3.8) is 0 Å². The van der Waals surface area contributed by atoms with Gasteiger partial charge < -0.3 is 24.1 Å². The highest BCUT2D eigenvalue weighted by atomic mass is 16.8. The first-order valence-corrected chi connectivity index (χ1v) is 14.1. The summed E-state index contributed by atoms with van der Waals surface area (Å²) in [5.41, 5.74) is 2.26. The number of allylic oxidation sites excluding steroid dienone is 2. The molecule has 210 valence electrons. The van der Waals surface area contributed by atoms with Crippen molar-refractivity contribution in [2.24, 2.45) is 5.92 Å². The van der Waals surface area contributed by atoms with Gasteiger partial charge in [-0.05, 0) is 49.8 Å². The molecule has 0 aliphatic carbocycles. The average molecular weight is 543 g/mol. The average Bonchev–Trinajstić information content (AvgIpc) is 3.43. The summed E-state index contributed by atoms with van der Waals surface area (Å²) in [5.74, 6) is -1.47. The first kappa shape index (κ1) is 28.2. The van der Waals surface area contributed by atoms with Gasteiger partial charge in [-0.2, -0.15) is 0 Å². The summed E-state index contributed by atoms with van der Waals surface area (Å²) in [6.45, 7) is 4.14. The third-order valence-electron chi connectivity index (χ3n) is 7.64. The molecule has 0 spiro atoms. The van der Waals surface area contributed by atoms with Crippen molar-refractivity contribution in [2.75, 3.05) is 6.61 Å². The standard InChI is InChI=1S/C34H38O6/c1-33(2)39-31-28(22-14-3-4-15-23-30(35)36)29(38-32(31)40-33)24-37-34(25-16-8-5-9-17-25,26-18-10-6-11-19-26)27-20-12-7-13-21-27/h3,5-14,16-21,28-29,31-32H,4,15,22-24H2,1-2H3,(H,35,36)/b14-3-/t28-,29-,31-,32-/m1/s1. The molecule has 0 saturated carbocycles. The van der Waals surface area contributed by atoms with Crippen LogP contribution in [0.3, 0.4) is 0 Å². The number of carboxylic acid groups (broad SMARTS) is 1. The van der Waals surface area contributed by atoms with E-state index in [2.05, 4.69) is 48.6 Å². The third-order valence-corrected chi connectivity index (χ3v) is 7.64. The summed E-state index contributed by atoms with van der Waals surface area (Å²) in [5, 5.41) is 8.92. The Balaban J connectivity index is 1.43. The molecule has 1 N–H and O–H groups in total. The van der Waals surface area contributed by atoms with Gasteiger partial charge in [0.05, 0.1) is 12.7 Å². The second kappa shape index (κ2) is 12.5. The molecule has 2 heterocycles. The van der Waals surface area contributed by atoms with Crippen LogP contribution in [0.2, 0.25) is 0 Å².